The van der Waals surface area contributed by atoms with Gasteiger partial charge in [0.15, 0.2) is 11.6 Å². The third-order valence-electron chi connectivity index (χ3n) is 3.78. The van der Waals surface area contributed by atoms with Gasteiger partial charge in [0.25, 0.3) is 5.89 Å². The van der Waals surface area contributed by atoms with Crippen molar-refractivity contribution in [1.29, 1.82) is 0 Å². The van der Waals surface area contributed by atoms with Gasteiger partial charge in [0.1, 0.15) is 5.82 Å². The van der Waals surface area contributed by atoms with E-state index in [1.807, 2.05) is 12.1 Å². The molecule has 0 unspecified atom stereocenters. The number of urea groups is 1. The maximum atomic E-state index is 12.0. The van der Waals surface area contributed by atoms with E-state index in [1.54, 1.807) is 12.1 Å². The van der Waals surface area contributed by atoms with E-state index in [2.05, 4.69) is 25.8 Å². The van der Waals surface area contributed by atoms with Crippen LogP contribution >= 0.6 is 0 Å². The molecule has 0 radical (unpaired) electrons. The van der Waals surface area contributed by atoms with E-state index < -0.39 is 0 Å². The molecule has 122 valence electrons. The Morgan fingerprint density at radius 3 is 3.04 bits per heavy atom. The average molecular weight is 325 g/mol. The summed E-state index contributed by atoms with van der Waals surface area (Å²) in [5, 5.41) is 9.17. The van der Waals surface area contributed by atoms with Crippen molar-refractivity contribution >= 4 is 11.8 Å². The van der Waals surface area contributed by atoms with E-state index in [1.165, 1.54) is 11.8 Å². The molecule has 3 aromatic heterocycles. The molecule has 0 fully saturated rings. The van der Waals surface area contributed by atoms with Gasteiger partial charge >= 0.3 is 6.03 Å². The Balaban J connectivity index is 1.33. The summed E-state index contributed by atoms with van der Waals surface area (Å²) in [7, 11) is 0. The van der Waals surface area contributed by atoms with Crippen LogP contribution in [-0.4, -0.2) is 21.2 Å². The van der Waals surface area contributed by atoms with Crippen molar-refractivity contribution in [3.05, 3.63) is 47.6 Å². The fourth-order valence-electron chi connectivity index (χ4n) is 2.64. The Morgan fingerprint density at radius 2 is 2.17 bits per heavy atom. The quantitative estimate of drug-likeness (QED) is 0.763. The molecule has 0 saturated heterocycles. The molecule has 8 heteroatoms. The Bertz CT molecular complexity index is 856. The monoisotopic (exact) mass is 325 g/mol. The van der Waals surface area contributed by atoms with Gasteiger partial charge in [-0.1, -0.05) is 11.2 Å². The number of hydrogen-bond donors (Lipinski definition) is 2. The SMILES string of the molecule is O=C(NCc1noc(-c2ccco2)n1)Nc1ccc2c(n1)CCC2. The molecule has 0 spiro atoms. The molecule has 0 atom stereocenters. The number of nitrogens with zero attached hydrogens (tertiary/aromatic N) is 3. The van der Waals surface area contributed by atoms with Gasteiger partial charge in [-0.05, 0) is 43.0 Å². The van der Waals surface area contributed by atoms with Crippen molar-refractivity contribution in [2.75, 3.05) is 5.32 Å². The van der Waals surface area contributed by atoms with Crippen LogP contribution in [0.4, 0.5) is 10.6 Å². The molecule has 4 rings (SSSR count). The van der Waals surface area contributed by atoms with E-state index in [9.17, 15) is 4.79 Å². The number of fused-ring (bicyclic) bond motifs is 1. The molecule has 1 aliphatic rings. The van der Waals surface area contributed by atoms with Gasteiger partial charge in [-0.3, -0.25) is 5.32 Å². The molecular formula is C16H15N5O3. The minimum Gasteiger partial charge on any atom is -0.459 e. The van der Waals surface area contributed by atoms with Crippen molar-refractivity contribution in [2.45, 2.75) is 25.8 Å². The molecule has 2 amide bonds. The third-order valence-corrected chi connectivity index (χ3v) is 3.78. The Hall–Kier alpha value is -3.16. The van der Waals surface area contributed by atoms with Crippen LogP contribution in [0.3, 0.4) is 0 Å². The highest BCUT2D eigenvalue weighted by Crippen LogP contribution is 2.21. The highest BCUT2D eigenvalue weighted by atomic mass is 16.5. The summed E-state index contributed by atoms with van der Waals surface area (Å²) in [6, 6.07) is 6.91. The van der Waals surface area contributed by atoms with Crippen LogP contribution in [0.25, 0.3) is 11.7 Å². The fraction of sp³-hybridized carbons (Fsp3) is 0.250. The second kappa shape index (κ2) is 6.15. The molecule has 24 heavy (non-hydrogen) atoms. The lowest BCUT2D eigenvalue weighted by atomic mass is 10.2. The largest absolute Gasteiger partial charge is 0.459 e. The molecule has 0 saturated carbocycles. The molecule has 3 heterocycles. The lowest BCUT2D eigenvalue weighted by molar-refractivity contribution is 0.251. The first kappa shape index (κ1) is 14.4. The normalized spacial score (nSPS) is 12.8. The molecule has 2 N–H and O–H groups in total. The van der Waals surface area contributed by atoms with Crippen LogP contribution in [0.5, 0.6) is 0 Å². The zero-order chi connectivity index (χ0) is 16.4. The Kier molecular flexibility index (Phi) is 3.70. The zero-order valence-electron chi connectivity index (χ0n) is 12.8. The van der Waals surface area contributed by atoms with E-state index >= 15 is 0 Å². The number of hydrogen-bond acceptors (Lipinski definition) is 6. The lowest BCUT2D eigenvalue weighted by Crippen LogP contribution is -2.29. The van der Waals surface area contributed by atoms with Crippen LogP contribution in [0.1, 0.15) is 23.5 Å². The van der Waals surface area contributed by atoms with Gasteiger partial charge in [-0.25, -0.2) is 9.78 Å². The lowest BCUT2D eigenvalue weighted by Gasteiger charge is -2.07. The van der Waals surface area contributed by atoms with Gasteiger partial charge in [-0.2, -0.15) is 4.98 Å². The number of nitrogens with one attached hydrogen (secondary N) is 2. The third kappa shape index (κ3) is 2.98. The topological polar surface area (TPSA) is 106 Å². The van der Waals surface area contributed by atoms with Gasteiger partial charge in [0.05, 0.1) is 12.8 Å². The van der Waals surface area contributed by atoms with Crippen LogP contribution in [0, 0.1) is 0 Å². The van der Waals surface area contributed by atoms with E-state index in [0.717, 1.165) is 25.0 Å². The number of carbonyl (C=O) groups is 1. The second-order valence-corrected chi connectivity index (χ2v) is 5.46. The van der Waals surface area contributed by atoms with Crippen LogP contribution in [0.2, 0.25) is 0 Å². The molecule has 0 aromatic carbocycles. The summed E-state index contributed by atoms with van der Waals surface area (Å²) in [5.74, 6) is 1.66. The smallest absolute Gasteiger partial charge is 0.320 e. The first-order chi connectivity index (χ1) is 11.8. The molecule has 1 aliphatic carbocycles. The van der Waals surface area contributed by atoms with E-state index in [4.69, 9.17) is 8.94 Å². The Morgan fingerprint density at radius 1 is 1.21 bits per heavy atom. The Labute approximate surface area is 137 Å². The van der Waals surface area contributed by atoms with Crippen LogP contribution in [-0.2, 0) is 19.4 Å². The second-order valence-electron chi connectivity index (χ2n) is 5.46. The average Bonchev–Trinajstić information content (AvgIpc) is 3.32. The maximum Gasteiger partial charge on any atom is 0.320 e. The summed E-state index contributed by atoms with van der Waals surface area (Å²) < 4.78 is 10.2. The van der Waals surface area contributed by atoms with Gasteiger partial charge in [0.2, 0.25) is 0 Å². The predicted octanol–water partition coefficient (Wildman–Crippen LogP) is 2.54. The number of aromatic nitrogens is 3. The van der Waals surface area contributed by atoms with Crippen molar-refractivity contribution in [2.24, 2.45) is 0 Å². The highest BCUT2D eigenvalue weighted by Gasteiger charge is 2.14. The summed E-state index contributed by atoms with van der Waals surface area (Å²) in [4.78, 5) is 20.6. The number of rotatable bonds is 4. The number of amides is 2. The van der Waals surface area contributed by atoms with Crippen molar-refractivity contribution in [3.63, 3.8) is 0 Å². The van der Waals surface area contributed by atoms with Crippen LogP contribution < -0.4 is 10.6 Å². The van der Waals surface area contributed by atoms with Crippen molar-refractivity contribution in [3.8, 4) is 11.7 Å². The number of aryl methyl sites for hydroxylation is 2. The zero-order valence-corrected chi connectivity index (χ0v) is 12.8. The minimum atomic E-state index is -0.371. The molecule has 0 aliphatic heterocycles. The number of pyridine rings is 1. The first-order valence-corrected chi connectivity index (χ1v) is 7.68. The van der Waals surface area contributed by atoms with Crippen molar-refractivity contribution in [1.82, 2.24) is 20.4 Å². The number of furan rings is 1. The van der Waals surface area contributed by atoms with Crippen molar-refractivity contribution < 1.29 is 13.7 Å². The summed E-state index contributed by atoms with van der Waals surface area (Å²) in [5.41, 5.74) is 2.33. The molecule has 8 nitrogen and oxygen atoms in total. The fourth-order valence-corrected chi connectivity index (χ4v) is 2.64. The standard InChI is InChI=1S/C16H15N5O3/c22-16(20-13-7-6-10-3-1-4-11(10)18-13)17-9-14-19-15(24-21-14)12-5-2-8-23-12/h2,5-8H,1,3-4,9H2,(H2,17,18,20,22). The maximum absolute atomic E-state index is 12.0. The molecular weight excluding hydrogens is 310 g/mol. The predicted molar refractivity (Wildman–Crippen MR) is 84.1 cm³/mol. The van der Waals surface area contributed by atoms with E-state index in [-0.39, 0.29) is 18.5 Å². The van der Waals surface area contributed by atoms with Gasteiger partial charge < -0.3 is 14.3 Å². The number of anilines is 1. The summed E-state index contributed by atoms with van der Waals surface area (Å²) in [6.45, 7) is 0.140. The number of carbonyl (C=O) groups excluding carboxylic acids is 1. The molecule has 0 bridgehead atoms. The van der Waals surface area contributed by atoms with Gasteiger partial charge in [-0.15, -0.1) is 0 Å². The highest BCUT2D eigenvalue weighted by molar-refractivity contribution is 5.88. The van der Waals surface area contributed by atoms with E-state index in [0.29, 0.717) is 17.4 Å². The van der Waals surface area contributed by atoms with Crippen LogP contribution in [0.15, 0.2) is 39.5 Å². The molecule has 3 aromatic rings. The summed E-state index contributed by atoms with van der Waals surface area (Å²) >= 11 is 0. The minimum absolute atomic E-state index is 0.140. The summed E-state index contributed by atoms with van der Waals surface area (Å²) in [6.07, 6.45) is 4.66. The van der Waals surface area contributed by atoms with Gasteiger partial charge in [0, 0.05) is 5.69 Å². The first-order valence-electron chi connectivity index (χ1n) is 7.68.